The lowest BCUT2D eigenvalue weighted by Gasteiger charge is -2.26. The van der Waals surface area contributed by atoms with Crippen molar-refractivity contribution in [1.82, 2.24) is 9.55 Å². The summed E-state index contributed by atoms with van der Waals surface area (Å²) < 4.78 is 2.28. The smallest absolute Gasteiger partial charge is 0.145 e. The highest BCUT2D eigenvalue weighted by molar-refractivity contribution is 5.97. The quantitative estimate of drug-likeness (QED) is 0.166. The van der Waals surface area contributed by atoms with Crippen LogP contribution in [0.15, 0.2) is 212 Å². The highest BCUT2D eigenvalue weighted by Crippen LogP contribution is 2.38. The first kappa shape index (κ1) is 31.5. The Hall–Kier alpha value is -7.23. The van der Waals surface area contributed by atoms with Crippen molar-refractivity contribution < 1.29 is 0 Å². The summed E-state index contributed by atoms with van der Waals surface area (Å²) in [5, 5.41) is 4.91. The summed E-state index contributed by atoms with van der Waals surface area (Å²) in [4.78, 5) is 7.53. The molecule has 1 aromatic heterocycles. The lowest BCUT2D eigenvalue weighted by Crippen LogP contribution is -2.09. The Morgan fingerprint density at radius 2 is 0.778 bits per heavy atom. The van der Waals surface area contributed by atoms with Crippen LogP contribution in [0.3, 0.4) is 0 Å². The van der Waals surface area contributed by atoms with Crippen molar-refractivity contribution >= 4 is 49.6 Å². The average Bonchev–Trinajstić information content (AvgIpc) is 3.62. The summed E-state index contributed by atoms with van der Waals surface area (Å²) in [5.41, 5.74) is 12.3. The van der Waals surface area contributed by atoms with Gasteiger partial charge in [-0.2, -0.15) is 0 Å². The van der Waals surface area contributed by atoms with Gasteiger partial charge >= 0.3 is 0 Å². The fraction of sp³-hybridized carbons (Fsp3) is 0. The molecule has 3 nitrogen and oxygen atoms in total. The second-order valence-corrected chi connectivity index (χ2v) is 13.7. The molecule has 0 atom stereocenters. The number of hydrogen-bond donors (Lipinski definition) is 0. The van der Waals surface area contributed by atoms with Crippen LogP contribution in [-0.2, 0) is 0 Å². The lowest BCUT2D eigenvalue weighted by molar-refractivity contribution is 1.10. The van der Waals surface area contributed by atoms with Crippen LogP contribution >= 0.6 is 0 Å². The molecule has 1 heterocycles. The van der Waals surface area contributed by atoms with E-state index in [1.165, 1.54) is 43.8 Å². The van der Waals surface area contributed by atoms with Crippen LogP contribution in [0.4, 0.5) is 17.1 Å². The molecule has 0 saturated carbocycles. The molecule has 10 rings (SSSR count). The maximum absolute atomic E-state index is 5.22. The van der Waals surface area contributed by atoms with Crippen molar-refractivity contribution in [3.05, 3.63) is 212 Å². The second-order valence-electron chi connectivity index (χ2n) is 13.7. The van der Waals surface area contributed by atoms with E-state index in [0.717, 1.165) is 45.2 Å². The third-order valence-electron chi connectivity index (χ3n) is 10.4. The van der Waals surface area contributed by atoms with E-state index in [0.29, 0.717) is 0 Å². The molecule has 0 aliphatic rings. The molecule has 0 N–H and O–H groups in total. The minimum absolute atomic E-state index is 0.917. The molecule has 0 amide bonds. The van der Waals surface area contributed by atoms with Gasteiger partial charge in [0.2, 0.25) is 0 Å². The molecule has 0 bridgehead atoms. The monoisotopic (exact) mass is 689 g/mol. The van der Waals surface area contributed by atoms with E-state index >= 15 is 0 Å². The molecule has 0 unspecified atom stereocenters. The van der Waals surface area contributed by atoms with Gasteiger partial charge in [-0.05, 0) is 123 Å². The van der Waals surface area contributed by atoms with Gasteiger partial charge in [0, 0.05) is 28.3 Å². The number of para-hydroxylation sites is 2. The maximum atomic E-state index is 5.22. The van der Waals surface area contributed by atoms with Crippen LogP contribution in [0.25, 0.3) is 71.9 Å². The molecule has 0 saturated heterocycles. The van der Waals surface area contributed by atoms with Crippen molar-refractivity contribution in [3.8, 4) is 39.3 Å². The molecule has 254 valence electrons. The zero-order chi connectivity index (χ0) is 35.8. The summed E-state index contributed by atoms with van der Waals surface area (Å²) in [6, 6.07) is 75.7. The molecule has 0 spiro atoms. The first-order valence-electron chi connectivity index (χ1n) is 18.4. The number of imidazole rings is 1. The Morgan fingerprint density at radius 3 is 1.41 bits per heavy atom. The normalized spacial score (nSPS) is 11.3. The molecule has 3 heteroatoms. The molecule has 54 heavy (non-hydrogen) atoms. The first-order chi connectivity index (χ1) is 26.7. The topological polar surface area (TPSA) is 21.1 Å². The number of nitrogens with zero attached hydrogens (tertiary/aromatic N) is 3. The summed E-state index contributed by atoms with van der Waals surface area (Å²) >= 11 is 0. The zero-order valence-electron chi connectivity index (χ0n) is 29.5. The van der Waals surface area contributed by atoms with Crippen LogP contribution in [0, 0.1) is 0 Å². The van der Waals surface area contributed by atoms with Crippen LogP contribution in [0.2, 0.25) is 0 Å². The molecule has 0 radical (unpaired) electrons. The third kappa shape index (κ3) is 5.78. The molecular formula is C51H35N3. The Bertz CT molecular complexity index is 2890. The number of anilines is 3. The largest absolute Gasteiger partial charge is 0.311 e. The summed E-state index contributed by atoms with van der Waals surface area (Å²) in [6.07, 6.45) is 0. The molecule has 0 fully saturated rings. The van der Waals surface area contributed by atoms with Crippen molar-refractivity contribution in [1.29, 1.82) is 0 Å². The molecular weight excluding hydrogens is 655 g/mol. The predicted molar refractivity (Wildman–Crippen MR) is 227 cm³/mol. The fourth-order valence-electron chi connectivity index (χ4n) is 7.61. The van der Waals surface area contributed by atoms with E-state index in [1.807, 2.05) is 0 Å². The van der Waals surface area contributed by atoms with Gasteiger partial charge in [0.25, 0.3) is 0 Å². The SMILES string of the molecule is c1ccc(N(c2ccc(-c3ccc(-c4ccc5ccccc5c4)cc3)cc2)c2ccc(-c3nc4cc5ccccc5cc4n3-c3ccccc3)cc2)cc1. The van der Waals surface area contributed by atoms with Crippen molar-refractivity contribution in [2.45, 2.75) is 0 Å². The molecule has 9 aromatic carbocycles. The molecule has 0 aliphatic carbocycles. The van der Waals surface area contributed by atoms with Gasteiger partial charge in [-0.3, -0.25) is 4.57 Å². The first-order valence-corrected chi connectivity index (χ1v) is 18.4. The number of aromatic nitrogens is 2. The highest BCUT2D eigenvalue weighted by atomic mass is 15.1. The number of benzene rings is 9. The van der Waals surface area contributed by atoms with E-state index in [2.05, 4.69) is 222 Å². The molecule has 10 aromatic rings. The van der Waals surface area contributed by atoms with Crippen molar-refractivity contribution in [2.24, 2.45) is 0 Å². The van der Waals surface area contributed by atoms with Crippen molar-refractivity contribution in [3.63, 3.8) is 0 Å². The summed E-state index contributed by atoms with van der Waals surface area (Å²) in [5.74, 6) is 0.917. The van der Waals surface area contributed by atoms with Gasteiger partial charge in [0.05, 0.1) is 11.0 Å². The van der Waals surface area contributed by atoms with Crippen LogP contribution in [0.1, 0.15) is 0 Å². The van der Waals surface area contributed by atoms with Gasteiger partial charge in [0.15, 0.2) is 0 Å². The highest BCUT2D eigenvalue weighted by Gasteiger charge is 2.17. The van der Waals surface area contributed by atoms with Crippen LogP contribution < -0.4 is 4.90 Å². The number of rotatable bonds is 7. The Labute approximate surface area is 314 Å². The average molecular weight is 690 g/mol. The fourth-order valence-corrected chi connectivity index (χ4v) is 7.61. The Balaban J connectivity index is 0.987. The Morgan fingerprint density at radius 1 is 0.333 bits per heavy atom. The van der Waals surface area contributed by atoms with E-state index in [9.17, 15) is 0 Å². The lowest BCUT2D eigenvalue weighted by atomic mass is 9.98. The zero-order valence-corrected chi connectivity index (χ0v) is 29.5. The number of hydrogen-bond acceptors (Lipinski definition) is 2. The molecule has 0 aliphatic heterocycles. The Kier molecular flexibility index (Phi) is 7.81. The summed E-state index contributed by atoms with van der Waals surface area (Å²) in [7, 11) is 0. The van der Waals surface area contributed by atoms with Gasteiger partial charge in [-0.25, -0.2) is 4.98 Å². The van der Waals surface area contributed by atoms with E-state index in [-0.39, 0.29) is 0 Å². The predicted octanol–water partition coefficient (Wildman–Crippen LogP) is 13.8. The van der Waals surface area contributed by atoms with Gasteiger partial charge in [-0.15, -0.1) is 0 Å². The van der Waals surface area contributed by atoms with E-state index < -0.39 is 0 Å². The maximum Gasteiger partial charge on any atom is 0.145 e. The van der Waals surface area contributed by atoms with Crippen LogP contribution in [0.5, 0.6) is 0 Å². The van der Waals surface area contributed by atoms with Crippen LogP contribution in [-0.4, -0.2) is 9.55 Å². The summed E-state index contributed by atoms with van der Waals surface area (Å²) in [6.45, 7) is 0. The third-order valence-corrected chi connectivity index (χ3v) is 10.4. The minimum Gasteiger partial charge on any atom is -0.311 e. The second kappa shape index (κ2) is 13.4. The van der Waals surface area contributed by atoms with E-state index in [1.54, 1.807) is 0 Å². The minimum atomic E-state index is 0.917. The van der Waals surface area contributed by atoms with Gasteiger partial charge in [0.1, 0.15) is 5.82 Å². The van der Waals surface area contributed by atoms with Gasteiger partial charge < -0.3 is 4.90 Å². The van der Waals surface area contributed by atoms with E-state index in [4.69, 9.17) is 4.98 Å². The standard InChI is InChI=1S/C51H35N3/c1-3-15-45(16-4-1)53(47-29-25-38(26-30-47)37-19-21-39(22-20-37)44-24-23-36-11-7-8-12-41(36)33-44)48-31-27-40(28-32-48)51-52-49-34-42-13-9-10-14-43(42)35-50(49)54(51)46-17-5-2-6-18-46/h1-35H. The number of fused-ring (bicyclic) bond motifs is 3. The van der Waals surface area contributed by atoms with Crippen molar-refractivity contribution in [2.75, 3.05) is 4.90 Å². The van der Waals surface area contributed by atoms with Gasteiger partial charge in [-0.1, -0.05) is 133 Å².